The molecule has 0 aliphatic carbocycles. The molecule has 0 bridgehead atoms. The van der Waals surface area contributed by atoms with E-state index in [9.17, 15) is 23.7 Å². The van der Waals surface area contributed by atoms with Crippen molar-refractivity contribution in [2.75, 3.05) is 17.6 Å². The predicted octanol–water partition coefficient (Wildman–Crippen LogP) is 4.15. The highest BCUT2D eigenvalue weighted by atomic mass is 32.2. The molecule has 25 heavy (non-hydrogen) atoms. The van der Waals surface area contributed by atoms with E-state index in [4.69, 9.17) is 0 Å². The number of halogens is 2. The number of anilines is 1. The van der Waals surface area contributed by atoms with Gasteiger partial charge in [0.1, 0.15) is 17.0 Å². The van der Waals surface area contributed by atoms with Gasteiger partial charge in [-0.3, -0.25) is 10.1 Å². The molecule has 0 saturated carbocycles. The molecule has 9 heteroatoms. The largest absolute Gasteiger partial charge is 0.323 e. The van der Waals surface area contributed by atoms with Crippen molar-refractivity contribution in [3.05, 3.63) is 69.8 Å². The maximum Gasteiger partial charge on any atom is 0.323 e. The summed E-state index contributed by atoms with van der Waals surface area (Å²) < 4.78 is 26.5. The second-order valence-corrected chi connectivity index (χ2v) is 6.54. The summed E-state index contributed by atoms with van der Waals surface area (Å²) in [4.78, 5) is 24.2. The number of benzene rings is 2. The molecule has 2 amide bonds. The van der Waals surface area contributed by atoms with Gasteiger partial charge >= 0.3 is 6.03 Å². The summed E-state index contributed by atoms with van der Waals surface area (Å²) >= 11 is 1.51. The first-order chi connectivity index (χ1) is 11.9. The standard InChI is InChI=1S/C16H13F2N3O3S/c17-11-7-12(18)9-13(8-11)19-16(22)20-5-6-25-15(20)10-1-3-14(4-2-10)21(23)24/h1-4,7-9,15H,5-6H2,(H,19,22). The first-order valence-corrected chi connectivity index (χ1v) is 8.38. The maximum atomic E-state index is 13.2. The van der Waals surface area contributed by atoms with Crippen LogP contribution in [0.15, 0.2) is 42.5 Å². The number of nitro groups is 1. The fourth-order valence-corrected chi connectivity index (χ4v) is 3.79. The number of hydrogen-bond acceptors (Lipinski definition) is 4. The average Bonchev–Trinajstić information content (AvgIpc) is 3.03. The summed E-state index contributed by atoms with van der Waals surface area (Å²) in [6.45, 7) is 0.454. The molecule has 0 spiro atoms. The number of nitrogens with one attached hydrogen (secondary N) is 1. The van der Waals surface area contributed by atoms with Crippen molar-refractivity contribution in [2.24, 2.45) is 0 Å². The quantitative estimate of drug-likeness (QED) is 0.655. The van der Waals surface area contributed by atoms with E-state index in [2.05, 4.69) is 5.32 Å². The molecule has 1 heterocycles. The molecular formula is C16H13F2N3O3S. The van der Waals surface area contributed by atoms with Crippen LogP contribution >= 0.6 is 11.8 Å². The number of hydrogen-bond donors (Lipinski definition) is 1. The normalized spacial score (nSPS) is 16.7. The van der Waals surface area contributed by atoms with Crippen LogP contribution in [0, 0.1) is 21.7 Å². The molecule has 1 N–H and O–H groups in total. The fourth-order valence-electron chi connectivity index (χ4n) is 2.54. The van der Waals surface area contributed by atoms with Crippen LogP contribution in [-0.4, -0.2) is 28.2 Å². The molecule has 6 nitrogen and oxygen atoms in total. The van der Waals surface area contributed by atoms with Gasteiger partial charge in [0.25, 0.3) is 5.69 Å². The van der Waals surface area contributed by atoms with Gasteiger partial charge in [0.2, 0.25) is 0 Å². The van der Waals surface area contributed by atoms with Crippen LogP contribution in [0.5, 0.6) is 0 Å². The molecule has 1 unspecified atom stereocenters. The van der Waals surface area contributed by atoms with Crippen LogP contribution in [0.2, 0.25) is 0 Å². The lowest BCUT2D eigenvalue weighted by molar-refractivity contribution is -0.384. The summed E-state index contributed by atoms with van der Waals surface area (Å²) in [6.07, 6.45) is 0. The highest BCUT2D eigenvalue weighted by Crippen LogP contribution is 2.38. The number of urea groups is 1. The Bertz CT molecular complexity index is 797. The number of non-ortho nitro benzene ring substituents is 1. The van der Waals surface area contributed by atoms with Gasteiger partial charge in [-0.2, -0.15) is 0 Å². The molecule has 1 aliphatic rings. The summed E-state index contributed by atoms with van der Waals surface area (Å²) in [5, 5.41) is 12.9. The van der Waals surface area contributed by atoms with E-state index in [1.165, 1.54) is 28.8 Å². The Labute approximate surface area is 146 Å². The molecule has 2 aromatic carbocycles. The van der Waals surface area contributed by atoms with Crippen molar-refractivity contribution in [1.29, 1.82) is 0 Å². The zero-order valence-corrected chi connectivity index (χ0v) is 13.6. The van der Waals surface area contributed by atoms with Crippen molar-refractivity contribution >= 4 is 29.2 Å². The summed E-state index contributed by atoms with van der Waals surface area (Å²) in [5.41, 5.74) is 0.744. The lowest BCUT2D eigenvalue weighted by atomic mass is 10.2. The van der Waals surface area contributed by atoms with Crippen LogP contribution in [0.1, 0.15) is 10.9 Å². The number of nitrogens with zero attached hydrogens (tertiary/aromatic N) is 2. The second-order valence-electron chi connectivity index (χ2n) is 5.35. The SMILES string of the molecule is O=C(Nc1cc(F)cc(F)c1)N1CCSC1c1ccc([N+](=O)[O-])cc1. The molecule has 130 valence electrons. The smallest absolute Gasteiger partial charge is 0.308 e. The number of nitro benzene ring substituents is 1. The van der Waals surface area contributed by atoms with E-state index < -0.39 is 22.6 Å². The van der Waals surface area contributed by atoms with E-state index >= 15 is 0 Å². The molecule has 1 aliphatic heterocycles. The Morgan fingerprint density at radius 2 is 1.84 bits per heavy atom. The Balaban J connectivity index is 1.76. The number of rotatable bonds is 3. The monoisotopic (exact) mass is 365 g/mol. The number of thioether (sulfide) groups is 1. The van der Waals surface area contributed by atoms with Crippen LogP contribution in [0.25, 0.3) is 0 Å². The van der Waals surface area contributed by atoms with Crippen molar-refractivity contribution in [3.63, 3.8) is 0 Å². The van der Waals surface area contributed by atoms with Gasteiger partial charge in [-0.15, -0.1) is 11.8 Å². The highest BCUT2D eigenvalue weighted by Gasteiger charge is 2.31. The fraction of sp³-hybridized carbons (Fsp3) is 0.188. The second kappa shape index (κ2) is 7.06. The van der Waals surface area contributed by atoms with Crippen LogP contribution in [-0.2, 0) is 0 Å². The molecular weight excluding hydrogens is 352 g/mol. The number of carbonyl (C=O) groups is 1. The van der Waals surface area contributed by atoms with Crippen LogP contribution in [0.3, 0.4) is 0 Å². The van der Waals surface area contributed by atoms with Gasteiger partial charge in [-0.1, -0.05) is 0 Å². The topological polar surface area (TPSA) is 75.5 Å². The van der Waals surface area contributed by atoms with Gasteiger partial charge in [0.05, 0.1) is 4.92 Å². The van der Waals surface area contributed by atoms with E-state index in [1.807, 2.05) is 0 Å². The van der Waals surface area contributed by atoms with Crippen molar-refractivity contribution in [2.45, 2.75) is 5.37 Å². The summed E-state index contributed by atoms with van der Waals surface area (Å²) in [5.74, 6) is -0.872. The van der Waals surface area contributed by atoms with Crippen molar-refractivity contribution in [1.82, 2.24) is 4.90 Å². The minimum absolute atomic E-state index is 0.0295. The predicted molar refractivity (Wildman–Crippen MR) is 90.4 cm³/mol. The summed E-state index contributed by atoms with van der Waals surface area (Å²) in [7, 11) is 0. The third-order valence-corrected chi connectivity index (χ3v) is 4.92. The van der Waals surface area contributed by atoms with Gasteiger partial charge in [-0.05, 0) is 29.8 Å². The lowest BCUT2D eigenvalue weighted by Gasteiger charge is -2.24. The minimum Gasteiger partial charge on any atom is -0.308 e. The molecule has 3 rings (SSSR count). The average molecular weight is 365 g/mol. The highest BCUT2D eigenvalue weighted by molar-refractivity contribution is 7.99. The Hall–Kier alpha value is -2.68. The summed E-state index contributed by atoms with van der Waals surface area (Å²) in [6, 6.07) is 8.26. The van der Waals surface area contributed by atoms with Gasteiger partial charge in [0.15, 0.2) is 0 Å². The first kappa shape index (κ1) is 17.2. The minimum atomic E-state index is -0.780. The zero-order chi connectivity index (χ0) is 18.0. The number of amides is 2. The van der Waals surface area contributed by atoms with Crippen LogP contribution < -0.4 is 5.32 Å². The van der Waals surface area contributed by atoms with Gasteiger partial charge < -0.3 is 10.2 Å². The molecule has 0 radical (unpaired) electrons. The lowest BCUT2D eigenvalue weighted by Crippen LogP contribution is -2.34. The zero-order valence-electron chi connectivity index (χ0n) is 12.8. The van der Waals surface area contributed by atoms with Gasteiger partial charge in [-0.25, -0.2) is 13.6 Å². The number of carbonyl (C=O) groups excluding carboxylic acids is 1. The van der Waals surface area contributed by atoms with Crippen molar-refractivity contribution < 1.29 is 18.5 Å². The van der Waals surface area contributed by atoms with E-state index in [1.54, 1.807) is 12.1 Å². The first-order valence-electron chi connectivity index (χ1n) is 7.34. The Morgan fingerprint density at radius 3 is 2.44 bits per heavy atom. The molecule has 1 atom stereocenters. The third-order valence-electron chi connectivity index (χ3n) is 3.65. The Kier molecular flexibility index (Phi) is 4.84. The van der Waals surface area contributed by atoms with Gasteiger partial charge in [0, 0.05) is 36.2 Å². The van der Waals surface area contributed by atoms with E-state index in [0.717, 1.165) is 23.8 Å². The molecule has 2 aromatic rings. The van der Waals surface area contributed by atoms with Crippen molar-refractivity contribution in [3.8, 4) is 0 Å². The van der Waals surface area contributed by atoms with Crippen LogP contribution in [0.4, 0.5) is 25.0 Å². The molecule has 1 fully saturated rings. The third kappa shape index (κ3) is 3.87. The Morgan fingerprint density at radius 1 is 1.20 bits per heavy atom. The molecule has 1 saturated heterocycles. The molecule has 0 aromatic heterocycles. The van der Waals surface area contributed by atoms with E-state index in [0.29, 0.717) is 12.3 Å². The maximum absolute atomic E-state index is 13.2. The van der Waals surface area contributed by atoms with E-state index in [-0.39, 0.29) is 16.7 Å².